The van der Waals surface area contributed by atoms with Gasteiger partial charge in [-0.15, -0.1) is 23.5 Å². The molecule has 0 aromatic heterocycles. The Morgan fingerprint density at radius 1 is 1.15 bits per heavy atom. The van der Waals surface area contributed by atoms with Crippen LogP contribution in [0.1, 0.15) is 31.2 Å². The Morgan fingerprint density at radius 3 is 2.35 bits per heavy atom. The first-order valence-corrected chi connectivity index (χ1v) is 11.1. The first-order valence-electron chi connectivity index (χ1n) is 9.16. The van der Waals surface area contributed by atoms with Crippen molar-refractivity contribution in [3.05, 3.63) is 29.8 Å². The predicted octanol–water partition coefficient (Wildman–Crippen LogP) is 4.52. The van der Waals surface area contributed by atoms with E-state index in [0.29, 0.717) is 22.5 Å². The number of carbonyl (C=O) groups excluding carboxylic acids is 1. The summed E-state index contributed by atoms with van der Waals surface area (Å²) in [5, 5.41) is 3.04. The van der Waals surface area contributed by atoms with Gasteiger partial charge in [-0.05, 0) is 55.2 Å². The van der Waals surface area contributed by atoms with E-state index in [4.69, 9.17) is 0 Å². The molecule has 2 unspecified atom stereocenters. The van der Waals surface area contributed by atoms with E-state index < -0.39 is 6.61 Å². The van der Waals surface area contributed by atoms with Gasteiger partial charge in [-0.3, -0.25) is 4.79 Å². The number of hydrogen-bond acceptors (Lipinski definition) is 4. The van der Waals surface area contributed by atoms with E-state index in [9.17, 15) is 13.6 Å². The van der Waals surface area contributed by atoms with E-state index >= 15 is 0 Å². The van der Waals surface area contributed by atoms with Crippen LogP contribution in [-0.2, 0) is 11.3 Å². The molecule has 1 saturated heterocycles. The molecule has 0 radical (unpaired) electrons. The predicted molar refractivity (Wildman–Crippen MR) is 102 cm³/mol. The molecule has 7 heteroatoms. The summed E-state index contributed by atoms with van der Waals surface area (Å²) in [4.78, 5) is 12.7. The zero-order chi connectivity index (χ0) is 18.1. The van der Waals surface area contributed by atoms with Gasteiger partial charge in [0.25, 0.3) is 0 Å². The van der Waals surface area contributed by atoms with Crippen molar-refractivity contribution >= 4 is 29.4 Å². The van der Waals surface area contributed by atoms with Gasteiger partial charge >= 0.3 is 6.61 Å². The lowest BCUT2D eigenvalue weighted by molar-refractivity contribution is -0.126. The van der Waals surface area contributed by atoms with Crippen molar-refractivity contribution in [3.8, 4) is 5.75 Å². The summed E-state index contributed by atoms with van der Waals surface area (Å²) in [5.74, 6) is 4.22. The Balaban J connectivity index is 1.31. The third-order valence-corrected chi connectivity index (χ3v) is 9.88. The SMILES string of the molecule is O=C(NCc1ccc(OC(F)F)cc1)C1CC2CCC(C1)C21SCCS1. The van der Waals surface area contributed by atoms with Crippen molar-refractivity contribution in [2.75, 3.05) is 11.5 Å². The van der Waals surface area contributed by atoms with E-state index in [2.05, 4.69) is 33.6 Å². The number of alkyl halides is 2. The zero-order valence-electron chi connectivity index (χ0n) is 14.5. The third kappa shape index (κ3) is 3.57. The van der Waals surface area contributed by atoms with Crippen LogP contribution in [0.3, 0.4) is 0 Å². The number of amides is 1. The van der Waals surface area contributed by atoms with E-state index in [1.165, 1.54) is 36.5 Å². The Morgan fingerprint density at radius 2 is 1.77 bits per heavy atom. The van der Waals surface area contributed by atoms with E-state index in [1.54, 1.807) is 12.1 Å². The second-order valence-corrected chi connectivity index (χ2v) is 10.3. The van der Waals surface area contributed by atoms with Crippen molar-refractivity contribution in [1.82, 2.24) is 5.32 Å². The van der Waals surface area contributed by atoms with Crippen LogP contribution < -0.4 is 10.1 Å². The summed E-state index contributed by atoms with van der Waals surface area (Å²) in [6.45, 7) is -2.39. The lowest BCUT2D eigenvalue weighted by atomic mass is 9.79. The van der Waals surface area contributed by atoms with Gasteiger partial charge < -0.3 is 10.1 Å². The monoisotopic (exact) mass is 399 g/mol. The second-order valence-electron chi connectivity index (χ2n) is 7.30. The van der Waals surface area contributed by atoms with Gasteiger partial charge in [0.15, 0.2) is 0 Å². The summed E-state index contributed by atoms with van der Waals surface area (Å²) >= 11 is 4.28. The summed E-state index contributed by atoms with van der Waals surface area (Å²) in [7, 11) is 0. The van der Waals surface area contributed by atoms with Gasteiger partial charge in [-0.1, -0.05) is 12.1 Å². The van der Waals surface area contributed by atoms with Crippen LogP contribution in [0.4, 0.5) is 8.78 Å². The molecule has 1 aromatic rings. The highest BCUT2D eigenvalue weighted by molar-refractivity contribution is 8.21. The normalized spacial score (nSPS) is 29.3. The number of ether oxygens (including phenoxy) is 1. The number of halogens is 2. The molecule has 3 nitrogen and oxygen atoms in total. The molecule has 4 rings (SSSR count). The van der Waals surface area contributed by atoms with Crippen LogP contribution >= 0.6 is 23.5 Å². The maximum Gasteiger partial charge on any atom is 0.387 e. The van der Waals surface area contributed by atoms with Gasteiger partial charge in [0, 0.05) is 24.0 Å². The molecule has 3 aliphatic rings. The van der Waals surface area contributed by atoms with Crippen LogP contribution in [0, 0.1) is 17.8 Å². The van der Waals surface area contributed by atoms with E-state index in [0.717, 1.165) is 18.4 Å². The Kier molecular flexibility index (Phi) is 5.37. The van der Waals surface area contributed by atoms with Gasteiger partial charge in [0.1, 0.15) is 5.75 Å². The van der Waals surface area contributed by atoms with Crippen LogP contribution in [0.25, 0.3) is 0 Å². The molecular formula is C19H23F2NO2S2. The van der Waals surface area contributed by atoms with E-state index in [1.807, 2.05) is 0 Å². The lowest BCUT2D eigenvalue weighted by Crippen LogP contribution is -2.42. The van der Waals surface area contributed by atoms with Gasteiger partial charge in [0.2, 0.25) is 5.91 Å². The van der Waals surface area contributed by atoms with Crippen molar-refractivity contribution in [3.63, 3.8) is 0 Å². The van der Waals surface area contributed by atoms with Gasteiger partial charge in [-0.25, -0.2) is 0 Å². The summed E-state index contributed by atoms with van der Waals surface area (Å²) in [6.07, 6.45) is 4.53. The molecule has 1 aromatic carbocycles. The topological polar surface area (TPSA) is 38.3 Å². The van der Waals surface area contributed by atoms with Crippen LogP contribution in [-0.4, -0.2) is 28.1 Å². The fourth-order valence-electron chi connectivity index (χ4n) is 4.74. The fourth-order valence-corrected chi connectivity index (χ4v) is 8.67. The lowest BCUT2D eigenvalue weighted by Gasteiger charge is -2.42. The Bertz CT molecular complexity index is 633. The highest BCUT2D eigenvalue weighted by Gasteiger charge is 2.57. The number of benzene rings is 1. The van der Waals surface area contributed by atoms with E-state index in [-0.39, 0.29) is 17.6 Å². The maximum absolute atomic E-state index is 12.7. The van der Waals surface area contributed by atoms with Crippen LogP contribution in [0.5, 0.6) is 5.75 Å². The summed E-state index contributed by atoms with van der Waals surface area (Å²) in [6, 6.07) is 6.44. The molecule has 1 heterocycles. The number of rotatable bonds is 5. The summed E-state index contributed by atoms with van der Waals surface area (Å²) < 4.78 is 29.1. The standard InChI is InChI=1S/C19H23F2NO2S2/c20-18(21)24-16-5-1-12(2-6-16)11-22-17(23)13-9-14-3-4-15(10-13)19(14)25-7-8-26-19/h1-2,5-6,13-15,18H,3-4,7-11H2,(H,22,23). The van der Waals surface area contributed by atoms with Crippen LogP contribution in [0.15, 0.2) is 24.3 Å². The van der Waals surface area contributed by atoms with Gasteiger partial charge in [-0.2, -0.15) is 8.78 Å². The molecule has 1 spiro atoms. The first-order chi connectivity index (χ1) is 12.6. The molecule has 2 atom stereocenters. The molecule has 1 amide bonds. The highest BCUT2D eigenvalue weighted by Crippen LogP contribution is 2.65. The molecule has 142 valence electrons. The maximum atomic E-state index is 12.7. The summed E-state index contributed by atoms with van der Waals surface area (Å²) in [5.41, 5.74) is 0.886. The minimum atomic E-state index is -2.82. The quantitative estimate of drug-likeness (QED) is 0.790. The number of hydrogen-bond donors (Lipinski definition) is 1. The Hall–Kier alpha value is -0.950. The van der Waals surface area contributed by atoms with Crippen LogP contribution in [0.2, 0.25) is 0 Å². The first kappa shape index (κ1) is 18.4. The molecule has 2 aliphatic carbocycles. The Labute approximate surface area is 161 Å². The molecule has 1 aliphatic heterocycles. The zero-order valence-corrected chi connectivity index (χ0v) is 16.1. The van der Waals surface area contributed by atoms with Crippen molar-refractivity contribution in [2.24, 2.45) is 17.8 Å². The minimum absolute atomic E-state index is 0.112. The molecule has 26 heavy (non-hydrogen) atoms. The van der Waals surface area contributed by atoms with Crippen molar-refractivity contribution in [2.45, 2.75) is 42.9 Å². The average Bonchev–Trinajstić information content (AvgIpc) is 3.15. The number of carbonyl (C=O) groups is 1. The fraction of sp³-hybridized carbons (Fsp3) is 0.632. The molecule has 3 fully saturated rings. The molecule has 1 N–H and O–H groups in total. The molecular weight excluding hydrogens is 376 g/mol. The number of nitrogens with one attached hydrogen (secondary N) is 1. The third-order valence-electron chi connectivity index (χ3n) is 5.86. The largest absolute Gasteiger partial charge is 0.435 e. The van der Waals surface area contributed by atoms with Crippen molar-refractivity contribution < 1.29 is 18.3 Å². The van der Waals surface area contributed by atoms with Gasteiger partial charge in [0.05, 0.1) is 4.08 Å². The van der Waals surface area contributed by atoms with Crippen molar-refractivity contribution in [1.29, 1.82) is 0 Å². The highest BCUT2D eigenvalue weighted by atomic mass is 32.2. The molecule has 2 saturated carbocycles. The average molecular weight is 400 g/mol. The smallest absolute Gasteiger partial charge is 0.387 e. The molecule has 2 bridgehead atoms. The number of thioether (sulfide) groups is 2. The second kappa shape index (κ2) is 7.58. The minimum Gasteiger partial charge on any atom is -0.435 e.